The fourth-order valence-electron chi connectivity index (χ4n) is 1.75. The predicted molar refractivity (Wildman–Crippen MR) is 92.5 cm³/mol. The minimum atomic E-state index is -0.533. The number of carbonyl (C=O) groups excluding carboxylic acids is 1. The van der Waals surface area contributed by atoms with Crippen molar-refractivity contribution in [3.8, 4) is 0 Å². The van der Waals surface area contributed by atoms with Crippen LogP contribution in [0.2, 0.25) is 0 Å². The fourth-order valence-corrected chi connectivity index (χ4v) is 2.44. The topological polar surface area (TPSA) is 64.3 Å². The largest absolute Gasteiger partial charge is 0.444 e. The van der Waals surface area contributed by atoms with Gasteiger partial charge in [-0.1, -0.05) is 19.1 Å². The number of hydrogen-bond acceptors (Lipinski definition) is 4. The highest BCUT2D eigenvalue weighted by molar-refractivity contribution is 8.07. The molecule has 0 unspecified atom stereocenters. The van der Waals surface area contributed by atoms with E-state index in [0.29, 0.717) is 11.4 Å². The number of ether oxygens (including phenoxy) is 1. The van der Waals surface area contributed by atoms with Crippen LogP contribution in [0.15, 0.2) is 24.3 Å². The summed E-state index contributed by atoms with van der Waals surface area (Å²) in [5.41, 5.74) is 7.62. The van der Waals surface area contributed by atoms with Gasteiger partial charge in [0.25, 0.3) is 0 Å². The Morgan fingerprint density at radius 2 is 2.10 bits per heavy atom. The molecule has 4 nitrogen and oxygen atoms in total. The van der Waals surface area contributed by atoms with Crippen molar-refractivity contribution in [2.75, 3.05) is 17.3 Å². The van der Waals surface area contributed by atoms with E-state index >= 15 is 0 Å². The van der Waals surface area contributed by atoms with Crippen LogP contribution in [0.1, 0.15) is 39.7 Å². The Morgan fingerprint density at radius 1 is 1.43 bits per heavy atom. The van der Waals surface area contributed by atoms with Crippen molar-refractivity contribution >= 4 is 34.1 Å². The van der Waals surface area contributed by atoms with Gasteiger partial charge in [0.05, 0.1) is 11.4 Å². The molecule has 21 heavy (non-hydrogen) atoms. The Bertz CT molecular complexity index is 534. The summed E-state index contributed by atoms with van der Waals surface area (Å²) in [5.74, 6) is 0. The molecule has 0 aliphatic rings. The lowest BCUT2D eigenvalue weighted by molar-refractivity contribution is 0.0636. The number of rotatable bonds is 4. The molecule has 0 saturated carbocycles. The minimum absolute atomic E-state index is 0.504. The van der Waals surface area contributed by atoms with E-state index in [1.165, 1.54) is 4.91 Å². The molecule has 0 aromatic heterocycles. The first-order valence-electron chi connectivity index (χ1n) is 6.91. The fraction of sp³-hybridized carbons (Fsp3) is 0.438. The van der Waals surface area contributed by atoms with Crippen molar-refractivity contribution in [1.82, 2.24) is 0 Å². The lowest BCUT2D eigenvalue weighted by Gasteiger charge is -2.20. The summed E-state index contributed by atoms with van der Waals surface area (Å²) in [5, 5.41) is 2.67. The molecule has 0 aliphatic carbocycles. The zero-order valence-electron chi connectivity index (χ0n) is 13.3. The summed E-state index contributed by atoms with van der Waals surface area (Å²) in [4.78, 5) is 12.9. The highest BCUT2D eigenvalue weighted by Gasteiger charge is 2.17. The number of nitrogens with one attached hydrogen (secondary N) is 1. The van der Waals surface area contributed by atoms with E-state index < -0.39 is 11.7 Å². The molecule has 5 heteroatoms. The second-order valence-corrected chi connectivity index (χ2v) is 6.46. The third-order valence-corrected chi connectivity index (χ3v) is 3.42. The highest BCUT2D eigenvalue weighted by Crippen LogP contribution is 2.30. The van der Waals surface area contributed by atoms with Crippen molar-refractivity contribution in [2.45, 2.75) is 39.7 Å². The normalized spacial score (nSPS) is 12.1. The van der Waals surface area contributed by atoms with Gasteiger partial charge in [0, 0.05) is 4.91 Å². The number of nitrogens with two attached hydrogens (primary N) is 1. The van der Waals surface area contributed by atoms with Gasteiger partial charge in [-0.2, -0.15) is 0 Å². The third kappa shape index (κ3) is 5.71. The first-order chi connectivity index (χ1) is 9.76. The van der Waals surface area contributed by atoms with Crippen LogP contribution >= 0.6 is 11.8 Å². The van der Waals surface area contributed by atoms with Gasteiger partial charge < -0.3 is 10.5 Å². The summed E-state index contributed by atoms with van der Waals surface area (Å²) in [6.45, 7) is 7.55. The lowest BCUT2D eigenvalue weighted by Crippen LogP contribution is -2.27. The zero-order valence-corrected chi connectivity index (χ0v) is 14.1. The predicted octanol–water partition coefficient (Wildman–Crippen LogP) is 4.73. The van der Waals surface area contributed by atoms with Gasteiger partial charge in [-0.3, -0.25) is 5.32 Å². The Labute approximate surface area is 131 Å². The van der Waals surface area contributed by atoms with E-state index in [9.17, 15) is 4.79 Å². The van der Waals surface area contributed by atoms with Crippen LogP contribution in [0.5, 0.6) is 0 Å². The number of nitrogen functional groups attached to an aromatic ring is 1. The number of anilines is 2. The highest BCUT2D eigenvalue weighted by atomic mass is 32.2. The summed E-state index contributed by atoms with van der Waals surface area (Å²) in [6.07, 6.45) is 4.65. The SMILES string of the molecule is CC/C=C(\SC)c1ccc(NC(=O)OC(C)(C)C)c(N)c1. The molecule has 1 aromatic carbocycles. The molecule has 0 radical (unpaired) electrons. The van der Waals surface area contributed by atoms with E-state index in [4.69, 9.17) is 10.5 Å². The molecule has 0 aliphatic heterocycles. The van der Waals surface area contributed by atoms with Crippen LogP contribution < -0.4 is 11.1 Å². The van der Waals surface area contributed by atoms with Crippen LogP contribution in [0.4, 0.5) is 16.2 Å². The zero-order chi connectivity index (χ0) is 16.0. The number of thioether (sulfide) groups is 1. The molecule has 1 aromatic rings. The van der Waals surface area contributed by atoms with E-state index in [2.05, 4.69) is 18.3 Å². The van der Waals surface area contributed by atoms with E-state index in [-0.39, 0.29) is 0 Å². The smallest absolute Gasteiger partial charge is 0.412 e. The van der Waals surface area contributed by atoms with Crippen molar-refractivity contribution < 1.29 is 9.53 Å². The average Bonchev–Trinajstić information content (AvgIpc) is 2.36. The van der Waals surface area contributed by atoms with Gasteiger partial charge in [-0.15, -0.1) is 11.8 Å². The summed E-state index contributed by atoms with van der Waals surface area (Å²) < 4.78 is 5.21. The van der Waals surface area contributed by atoms with Gasteiger partial charge in [-0.25, -0.2) is 4.79 Å². The monoisotopic (exact) mass is 308 g/mol. The molecule has 1 rings (SSSR count). The van der Waals surface area contributed by atoms with E-state index in [1.807, 2.05) is 39.2 Å². The molecule has 1 amide bonds. The maximum Gasteiger partial charge on any atom is 0.412 e. The van der Waals surface area contributed by atoms with E-state index in [1.54, 1.807) is 17.8 Å². The molecule has 0 heterocycles. The Morgan fingerprint density at radius 3 is 2.57 bits per heavy atom. The Kier molecular flexibility index (Phi) is 6.15. The number of benzene rings is 1. The maximum absolute atomic E-state index is 11.8. The summed E-state index contributed by atoms with van der Waals surface area (Å²) in [6, 6.07) is 5.61. The van der Waals surface area contributed by atoms with Crippen LogP contribution in [0, 0.1) is 0 Å². The van der Waals surface area contributed by atoms with Crippen LogP contribution in [-0.2, 0) is 4.74 Å². The van der Waals surface area contributed by atoms with Crippen molar-refractivity contribution in [3.05, 3.63) is 29.8 Å². The molecular weight excluding hydrogens is 284 g/mol. The average molecular weight is 308 g/mol. The molecule has 3 N–H and O–H groups in total. The first kappa shape index (κ1) is 17.4. The third-order valence-electron chi connectivity index (χ3n) is 2.58. The first-order valence-corrected chi connectivity index (χ1v) is 8.13. The van der Waals surface area contributed by atoms with Crippen LogP contribution in [0.25, 0.3) is 4.91 Å². The van der Waals surface area contributed by atoms with Gasteiger partial charge >= 0.3 is 6.09 Å². The summed E-state index contributed by atoms with van der Waals surface area (Å²) in [7, 11) is 0. The second kappa shape index (κ2) is 7.41. The van der Waals surface area contributed by atoms with Gasteiger partial charge in [0.15, 0.2) is 0 Å². The molecule has 0 fully saturated rings. The Hall–Kier alpha value is -1.62. The van der Waals surface area contributed by atoms with Crippen LogP contribution in [0.3, 0.4) is 0 Å². The summed E-state index contributed by atoms with van der Waals surface area (Å²) >= 11 is 1.68. The molecule has 0 spiro atoms. The van der Waals surface area contributed by atoms with Gasteiger partial charge in [0.2, 0.25) is 0 Å². The lowest BCUT2D eigenvalue weighted by atomic mass is 10.1. The van der Waals surface area contributed by atoms with Crippen LogP contribution in [-0.4, -0.2) is 18.0 Å². The van der Waals surface area contributed by atoms with Gasteiger partial charge in [-0.05, 0) is 51.1 Å². The standard InChI is InChI=1S/C16H24N2O2S/c1-6-7-14(21-5)11-8-9-13(12(17)10-11)18-15(19)20-16(2,3)4/h7-10H,6,17H2,1-5H3,(H,18,19)/b14-7-. The van der Waals surface area contributed by atoms with Crippen molar-refractivity contribution in [3.63, 3.8) is 0 Å². The maximum atomic E-state index is 11.8. The minimum Gasteiger partial charge on any atom is -0.444 e. The van der Waals surface area contributed by atoms with Crippen molar-refractivity contribution in [2.24, 2.45) is 0 Å². The van der Waals surface area contributed by atoms with E-state index in [0.717, 1.165) is 12.0 Å². The van der Waals surface area contributed by atoms with Gasteiger partial charge in [0.1, 0.15) is 5.60 Å². The quantitative estimate of drug-likeness (QED) is 0.789. The number of allylic oxidation sites excluding steroid dienone is 1. The molecule has 0 saturated heterocycles. The molecule has 0 bridgehead atoms. The number of amides is 1. The Balaban J connectivity index is 2.89. The molecular formula is C16H24N2O2S. The number of hydrogen-bond donors (Lipinski definition) is 2. The number of carbonyl (C=O) groups is 1. The second-order valence-electron chi connectivity index (χ2n) is 5.61. The molecule has 116 valence electrons. The molecule has 0 atom stereocenters. The van der Waals surface area contributed by atoms with Crippen molar-refractivity contribution in [1.29, 1.82) is 0 Å².